The van der Waals surface area contributed by atoms with Crippen LogP contribution >= 0.6 is 12.2 Å². The second kappa shape index (κ2) is 10.7. The molecule has 1 aromatic heterocycles. The summed E-state index contributed by atoms with van der Waals surface area (Å²) in [6, 6.07) is 20.8. The van der Waals surface area contributed by atoms with Gasteiger partial charge in [-0.25, -0.2) is 5.01 Å². The number of hydrogen-bond acceptors (Lipinski definition) is 5. The summed E-state index contributed by atoms with van der Waals surface area (Å²) in [6.07, 6.45) is 3.50. The van der Waals surface area contributed by atoms with Gasteiger partial charge in [-0.3, -0.25) is 29.7 Å². The minimum absolute atomic E-state index is 0.0979. The number of pyridine rings is 1. The molecule has 0 spiro atoms. The molecule has 0 radical (unpaired) electrons. The maximum Gasteiger partial charge on any atom is 0.269 e. The van der Waals surface area contributed by atoms with Crippen LogP contribution < -0.4 is 15.6 Å². The molecule has 1 aliphatic rings. The van der Waals surface area contributed by atoms with Crippen LogP contribution in [0.4, 0.5) is 5.69 Å². The largest absolute Gasteiger partial charge is 0.356 e. The molecule has 3 aromatic rings. The lowest BCUT2D eigenvalue weighted by atomic mass is 10.1. The number of nitrogens with one attached hydrogen (secondary N) is 2. The molecule has 3 amide bonds. The molecule has 2 aromatic carbocycles. The van der Waals surface area contributed by atoms with Crippen molar-refractivity contribution in [2.45, 2.75) is 18.9 Å². The predicted molar refractivity (Wildman–Crippen MR) is 132 cm³/mol. The number of hydrogen-bond donors (Lipinski definition) is 2. The Kier molecular flexibility index (Phi) is 7.24. The molecule has 34 heavy (non-hydrogen) atoms. The van der Waals surface area contributed by atoms with Gasteiger partial charge >= 0.3 is 0 Å². The summed E-state index contributed by atoms with van der Waals surface area (Å²) in [7, 11) is 0. The van der Waals surface area contributed by atoms with Gasteiger partial charge < -0.3 is 5.32 Å². The van der Waals surface area contributed by atoms with Crippen molar-refractivity contribution in [1.29, 1.82) is 0 Å². The minimum atomic E-state index is -0.977. The van der Waals surface area contributed by atoms with Gasteiger partial charge in [0.1, 0.15) is 6.04 Å². The molecule has 2 N–H and O–H groups in total. The number of para-hydroxylation sites is 1. The van der Waals surface area contributed by atoms with Crippen LogP contribution in [0, 0.1) is 0 Å². The quantitative estimate of drug-likeness (QED) is 0.488. The fourth-order valence-electron chi connectivity index (χ4n) is 3.63. The van der Waals surface area contributed by atoms with Crippen LogP contribution in [0.25, 0.3) is 0 Å². The smallest absolute Gasteiger partial charge is 0.269 e. The van der Waals surface area contributed by atoms with E-state index in [0.29, 0.717) is 24.2 Å². The van der Waals surface area contributed by atoms with Crippen LogP contribution in [0.3, 0.4) is 0 Å². The van der Waals surface area contributed by atoms with Gasteiger partial charge in [-0.2, -0.15) is 0 Å². The maximum absolute atomic E-state index is 13.3. The van der Waals surface area contributed by atoms with Gasteiger partial charge in [0.15, 0.2) is 0 Å². The monoisotopic (exact) mass is 473 g/mol. The Labute approximate surface area is 202 Å². The average molecular weight is 474 g/mol. The van der Waals surface area contributed by atoms with E-state index in [9.17, 15) is 14.4 Å². The Morgan fingerprint density at radius 1 is 0.941 bits per heavy atom. The zero-order chi connectivity index (χ0) is 23.9. The molecule has 1 aliphatic heterocycles. The third-order valence-corrected chi connectivity index (χ3v) is 5.73. The van der Waals surface area contributed by atoms with Crippen LogP contribution in [0.2, 0.25) is 0 Å². The summed E-state index contributed by atoms with van der Waals surface area (Å²) in [5.41, 5.74) is 4.71. The second-order valence-corrected chi connectivity index (χ2v) is 8.01. The molecule has 9 heteroatoms. The second-order valence-electron chi connectivity index (χ2n) is 7.64. The lowest BCUT2D eigenvalue weighted by Gasteiger charge is -2.24. The Morgan fingerprint density at radius 3 is 2.26 bits per heavy atom. The lowest BCUT2D eigenvalue weighted by molar-refractivity contribution is -0.127. The number of thiocarbonyl (C=S) groups is 1. The van der Waals surface area contributed by atoms with Gasteiger partial charge in [0.05, 0.1) is 12.1 Å². The van der Waals surface area contributed by atoms with Crippen molar-refractivity contribution in [2.24, 2.45) is 0 Å². The Balaban J connectivity index is 1.49. The molecule has 0 unspecified atom stereocenters. The molecular weight excluding hydrogens is 450 g/mol. The zero-order valence-corrected chi connectivity index (χ0v) is 19.1. The zero-order valence-electron chi connectivity index (χ0n) is 18.3. The van der Waals surface area contributed by atoms with Gasteiger partial charge in [-0.1, -0.05) is 48.5 Å². The van der Waals surface area contributed by atoms with Gasteiger partial charge in [0.25, 0.3) is 11.8 Å². The highest BCUT2D eigenvalue weighted by Crippen LogP contribution is 2.26. The first-order valence-corrected chi connectivity index (χ1v) is 11.2. The van der Waals surface area contributed by atoms with Crippen LogP contribution in [0.1, 0.15) is 22.3 Å². The molecule has 2 heterocycles. The van der Waals surface area contributed by atoms with Crippen molar-refractivity contribution in [3.05, 3.63) is 96.3 Å². The molecule has 4 rings (SSSR count). The SMILES string of the molecule is O=C(C[C@H]1C(=O)N(c2ccccc2)C(=S)N1NC(=O)c1ccncc1)NCCc1ccccc1. The molecule has 8 nitrogen and oxygen atoms in total. The fraction of sp³-hybridized carbons (Fsp3) is 0.160. The van der Waals surface area contributed by atoms with Crippen molar-refractivity contribution in [3.8, 4) is 0 Å². The standard InChI is InChI=1S/C25H23N5O3S/c31-22(27-16-11-18-7-3-1-4-8-18)17-21-24(33)29(20-9-5-2-6-10-20)25(34)30(21)28-23(32)19-12-14-26-15-13-19/h1-10,12-15,21H,11,16-17H2,(H,27,31)(H,28,32)/t21-/m0/s1. The van der Waals surface area contributed by atoms with Crippen molar-refractivity contribution in [2.75, 3.05) is 11.4 Å². The maximum atomic E-state index is 13.3. The van der Waals surface area contributed by atoms with E-state index in [2.05, 4.69) is 15.7 Å². The van der Waals surface area contributed by atoms with E-state index in [1.807, 2.05) is 36.4 Å². The number of rotatable bonds is 8. The first-order chi connectivity index (χ1) is 16.5. The summed E-state index contributed by atoms with van der Waals surface area (Å²) in [6.45, 7) is 0.431. The molecule has 0 aliphatic carbocycles. The van der Waals surface area contributed by atoms with Crippen LogP contribution in [-0.4, -0.2) is 45.4 Å². The summed E-state index contributed by atoms with van der Waals surface area (Å²) in [5.74, 6) is -1.15. The normalized spacial score (nSPS) is 15.4. The van der Waals surface area contributed by atoms with Crippen molar-refractivity contribution >= 4 is 40.7 Å². The Hall–Kier alpha value is -4.11. The van der Waals surface area contributed by atoms with E-state index in [1.54, 1.807) is 36.4 Å². The Bertz CT molecular complexity index is 1170. The first-order valence-electron chi connectivity index (χ1n) is 10.8. The van der Waals surface area contributed by atoms with E-state index < -0.39 is 11.9 Å². The van der Waals surface area contributed by atoms with E-state index in [1.165, 1.54) is 22.3 Å². The van der Waals surface area contributed by atoms with Gasteiger partial charge in [-0.15, -0.1) is 0 Å². The van der Waals surface area contributed by atoms with Gasteiger partial charge in [-0.05, 0) is 48.5 Å². The third kappa shape index (κ3) is 5.26. The molecule has 1 atom stereocenters. The highest BCUT2D eigenvalue weighted by atomic mass is 32.1. The van der Waals surface area contributed by atoms with Gasteiger partial charge in [0, 0.05) is 24.5 Å². The predicted octanol–water partition coefficient (Wildman–Crippen LogP) is 2.48. The molecule has 1 fully saturated rings. The molecule has 0 bridgehead atoms. The van der Waals surface area contributed by atoms with Crippen LogP contribution in [0.5, 0.6) is 0 Å². The van der Waals surface area contributed by atoms with Crippen molar-refractivity contribution in [3.63, 3.8) is 0 Å². The first kappa shape index (κ1) is 23.1. The number of carbonyl (C=O) groups is 3. The van der Waals surface area contributed by atoms with Crippen LogP contribution in [-0.2, 0) is 16.0 Å². The topological polar surface area (TPSA) is 94.6 Å². The number of nitrogens with zero attached hydrogens (tertiary/aromatic N) is 3. The highest BCUT2D eigenvalue weighted by molar-refractivity contribution is 7.80. The van der Waals surface area contributed by atoms with E-state index in [4.69, 9.17) is 12.2 Å². The number of anilines is 1. The van der Waals surface area contributed by atoms with E-state index in [-0.39, 0.29) is 23.3 Å². The average Bonchev–Trinajstić information content (AvgIpc) is 3.09. The number of aromatic nitrogens is 1. The van der Waals surface area contributed by atoms with E-state index >= 15 is 0 Å². The summed E-state index contributed by atoms with van der Waals surface area (Å²) < 4.78 is 0. The summed E-state index contributed by atoms with van der Waals surface area (Å²) in [5, 5.41) is 4.25. The number of benzene rings is 2. The highest BCUT2D eigenvalue weighted by Gasteiger charge is 2.45. The number of amides is 3. The third-order valence-electron chi connectivity index (χ3n) is 5.35. The lowest BCUT2D eigenvalue weighted by Crippen LogP contribution is -2.50. The van der Waals surface area contributed by atoms with Crippen molar-refractivity contribution in [1.82, 2.24) is 20.7 Å². The van der Waals surface area contributed by atoms with Gasteiger partial charge in [0.2, 0.25) is 11.0 Å². The summed E-state index contributed by atoms with van der Waals surface area (Å²) >= 11 is 5.54. The van der Waals surface area contributed by atoms with Crippen molar-refractivity contribution < 1.29 is 14.4 Å². The molecule has 1 saturated heterocycles. The molecule has 0 saturated carbocycles. The fourth-order valence-corrected chi connectivity index (χ4v) is 4.00. The number of hydrazine groups is 1. The Morgan fingerprint density at radius 2 is 1.59 bits per heavy atom. The number of carbonyl (C=O) groups excluding carboxylic acids is 3. The molecule has 172 valence electrons. The molecular formula is C25H23N5O3S. The summed E-state index contributed by atoms with van der Waals surface area (Å²) in [4.78, 5) is 44.1. The van der Waals surface area contributed by atoms with Crippen LogP contribution in [0.15, 0.2) is 85.2 Å². The van der Waals surface area contributed by atoms with E-state index in [0.717, 1.165) is 5.56 Å². The minimum Gasteiger partial charge on any atom is -0.356 e.